The van der Waals surface area contributed by atoms with E-state index < -0.39 is 32.5 Å². The van der Waals surface area contributed by atoms with E-state index in [0.29, 0.717) is 6.07 Å². The van der Waals surface area contributed by atoms with Crippen molar-refractivity contribution in [2.75, 3.05) is 11.8 Å². The molecule has 0 aromatic heterocycles. The smallest absolute Gasteiger partial charge is 0.339 e. The molecule has 0 spiro atoms. The van der Waals surface area contributed by atoms with Gasteiger partial charge in [0.15, 0.2) is 0 Å². The fourth-order valence-electron chi connectivity index (χ4n) is 1.75. The molecule has 0 radical (unpaired) electrons. The van der Waals surface area contributed by atoms with Crippen LogP contribution in [0.1, 0.15) is 10.4 Å². The third-order valence-corrected chi connectivity index (χ3v) is 4.16. The molecule has 5 nitrogen and oxygen atoms in total. The van der Waals surface area contributed by atoms with Gasteiger partial charge in [-0.1, -0.05) is 12.1 Å². The lowest BCUT2D eigenvalue weighted by Crippen LogP contribution is -2.17. The maximum atomic E-state index is 13.6. The van der Waals surface area contributed by atoms with Crippen LogP contribution in [0.4, 0.5) is 14.5 Å². The molecule has 8 heteroatoms. The molecule has 0 unspecified atom stereocenters. The van der Waals surface area contributed by atoms with Crippen molar-refractivity contribution in [1.29, 1.82) is 0 Å². The van der Waals surface area contributed by atoms with Crippen LogP contribution in [0.5, 0.6) is 0 Å². The number of sulfonamides is 1. The second-order valence-corrected chi connectivity index (χ2v) is 5.87. The zero-order valence-corrected chi connectivity index (χ0v) is 12.2. The normalized spacial score (nSPS) is 11.0. The van der Waals surface area contributed by atoms with Gasteiger partial charge in [0.25, 0.3) is 10.0 Å². The summed E-state index contributed by atoms with van der Waals surface area (Å²) >= 11 is 0. The first-order valence-corrected chi connectivity index (χ1v) is 7.48. The van der Waals surface area contributed by atoms with Crippen molar-refractivity contribution < 1.29 is 26.7 Å². The van der Waals surface area contributed by atoms with E-state index in [0.717, 1.165) is 19.2 Å². The first-order valence-electron chi connectivity index (χ1n) is 6.00. The minimum absolute atomic E-state index is 0.0314. The molecule has 1 N–H and O–H groups in total. The maximum absolute atomic E-state index is 13.6. The van der Waals surface area contributed by atoms with E-state index in [1.54, 1.807) is 0 Å². The fraction of sp³-hybridized carbons (Fsp3) is 0.0714. The summed E-state index contributed by atoms with van der Waals surface area (Å²) in [6.45, 7) is 0. The van der Waals surface area contributed by atoms with Gasteiger partial charge in [-0.2, -0.15) is 0 Å². The number of carbonyl (C=O) groups excluding carboxylic acids is 1. The van der Waals surface area contributed by atoms with Crippen molar-refractivity contribution in [2.45, 2.75) is 4.90 Å². The highest BCUT2D eigenvalue weighted by Crippen LogP contribution is 2.22. The number of halogens is 2. The molecule has 0 aliphatic carbocycles. The summed E-state index contributed by atoms with van der Waals surface area (Å²) in [5.74, 6) is -2.88. The van der Waals surface area contributed by atoms with Crippen LogP contribution in [0, 0.1) is 11.6 Å². The zero-order valence-electron chi connectivity index (χ0n) is 11.3. The van der Waals surface area contributed by atoms with Crippen molar-refractivity contribution in [3.63, 3.8) is 0 Å². The molecule has 0 fully saturated rings. The first-order chi connectivity index (χ1) is 10.3. The quantitative estimate of drug-likeness (QED) is 0.876. The topological polar surface area (TPSA) is 72.5 Å². The molecule has 0 heterocycles. The number of benzene rings is 2. The Hall–Kier alpha value is -2.48. The van der Waals surface area contributed by atoms with Crippen LogP contribution in [0.15, 0.2) is 47.4 Å². The highest BCUT2D eigenvalue weighted by molar-refractivity contribution is 7.92. The van der Waals surface area contributed by atoms with Gasteiger partial charge >= 0.3 is 5.97 Å². The van der Waals surface area contributed by atoms with E-state index in [9.17, 15) is 22.0 Å². The van der Waals surface area contributed by atoms with Crippen LogP contribution in [-0.4, -0.2) is 21.5 Å². The molecule has 0 atom stereocenters. The predicted octanol–water partition coefficient (Wildman–Crippen LogP) is 2.55. The van der Waals surface area contributed by atoms with Crippen molar-refractivity contribution in [1.82, 2.24) is 0 Å². The molecule has 116 valence electrons. The molecular formula is C14H11F2NO4S. The van der Waals surface area contributed by atoms with Crippen LogP contribution in [0.2, 0.25) is 0 Å². The van der Waals surface area contributed by atoms with E-state index >= 15 is 0 Å². The lowest BCUT2D eigenvalue weighted by atomic mass is 10.2. The van der Waals surface area contributed by atoms with Crippen LogP contribution in [0.3, 0.4) is 0 Å². The van der Waals surface area contributed by atoms with Crippen LogP contribution >= 0.6 is 0 Å². The summed E-state index contributed by atoms with van der Waals surface area (Å²) < 4.78 is 57.5. The molecule has 0 amide bonds. The number of para-hydroxylation sites is 1. The number of rotatable bonds is 4. The third kappa shape index (κ3) is 3.22. The van der Waals surface area contributed by atoms with Crippen molar-refractivity contribution in [3.8, 4) is 0 Å². The number of nitrogens with one attached hydrogen (secondary N) is 1. The van der Waals surface area contributed by atoms with Crippen LogP contribution < -0.4 is 4.72 Å². The van der Waals surface area contributed by atoms with Gasteiger partial charge in [0.2, 0.25) is 0 Å². The zero-order chi connectivity index (χ0) is 16.3. The molecule has 0 aliphatic heterocycles. The van der Waals surface area contributed by atoms with Crippen molar-refractivity contribution in [3.05, 3.63) is 59.7 Å². The number of methoxy groups -OCH3 is 1. The second-order valence-electron chi connectivity index (χ2n) is 4.22. The Kier molecular flexibility index (Phi) is 4.41. The number of ether oxygens (including phenoxy) is 1. The summed E-state index contributed by atoms with van der Waals surface area (Å²) in [7, 11) is -3.18. The molecule has 0 saturated heterocycles. The molecule has 22 heavy (non-hydrogen) atoms. The van der Waals surface area contributed by atoms with E-state index in [1.165, 1.54) is 24.3 Å². The Bertz CT molecular complexity index is 821. The number of hydrogen-bond donors (Lipinski definition) is 1. The van der Waals surface area contributed by atoms with Crippen molar-refractivity contribution >= 4 is 21.7 Å². The number of hydrogen-bond acceptors (Lipinski definition) is 4. The Labute approximate surface area is 125 Å². The number of carbonyl (C=O) groups is 1. The molecule has 2 rings (SSSR count). The lowest BCUT2D eigenvalue weighted by molar-refractivity contribution is 0.0602. The SMILES string of the molecule is COC(=O)c1ccccc1NS(=O)(=O)c1ccc(F)cc1F. The Balaban J connectivity index is 2.44. The minimum Gasteiger partial charge on any atom is -0.465 e. The van der Waals surface area contributed by atoms with Gasteiger partial charge < -0.3 is 4.74 Å². The van der Waals surface area contributed by atoms with Gasteiger partial charge in [-0.15, -0.1) is 0 Å². The Morgan fingerprint density at radius 1 is 1.14 bits per heavy atom. The molecule has 0 aliphatic rings. The van der Waals surface area contributed by atoms with Gasteiger partial charge in [0.1, 0.15) is 16.5 Å². The summed E-state index contributed by atoms with van der Waals surface area (Å²) in [6.07, 6.45) is 0. The minimum atomic E-state index is -4.32. The highest BCUT2D eigenvalue weighted by atomic mass is 32.2. The molecule has 2 aromatic carbocycles. The van der Waals surface area contributed by atoms with Gasteiger partial charge in [-0.25, -0.2) is 22.0 Å². The Morgan fingerprint density at radius 3 is 2.45 bits per heavy atom. The average molecular weight is 327 g/mol. The molecule has 0 bridgehead atoms. The van der Waals surface area contributed by atoms with Gasteiger partial charge in [0.05, 0.1) is 18.4 Å². The third-order valence-electron chi connectivity index (χ3n) is 2.76. The largest absolute Gasteiger partial charge is 0.465 e. The predicted molar refractivity (Wildman–Crippen MR) is 74.9 cm³/mol. The van der Waals surface area contributed by atoms with E-state index in [2.05, 4.69) is 9.46 Å². The lowest BCUT2D eigenvalue weighted by Gasteiger charge is -2.11. The molecule has 0 saturated carbocycles. The van der Waals surface area contributed by atoms with Gasteiger partial charge in [-0.05, 0) is 24.3 Å². The highest BCUT2D eigenvalue weighted by Gasteiger charge is 2.22. The molecular weight excluding hydrogens is 316 g/mol. The summed E-state index contributed by atoms with van der Waals surface area (Å²) in [5.41, 5.74) is -0.103. The summed E-state index contributed by atoms with van der Waals surface area (Å²) in [5, 5.41) is 0. The van der Waals surface area contributed by atoms with Crippen molar-refractivity contribution in [2.24, 2.45) is 0 Å². The Morgan fingerprint density at radius 2 is 1.82 bits per heavy atom. The summed E-state index contributed by atoms with van der Waals surface area (Å²) in [4.78, 5) is 10.9. The van der Waals surface area contributed by atoms with Crippen LogP contribution in [-0.2, 0) is 14.8 Å². The van der Waals surface area contributed by atoms with E-state index in [1.807, 2.05) is 0 Å². The number of esters is 1. The van der Waals surface area contributed by atoms with Crippen LogP contribution in [0.25, 0.3) is 0 Å². The summed E-state index contributed by atoms with van der Waals surface area (Å²) in [6, 6.07) is 7.77. The van der Waals surface area contributed by atoms with E-state index in [4.69, 9.17) is 0 Å². The maximum Gasteiger partial charge on any atom is 0.339 e. The molecule has 2 aromatic rings. The van der Waals surface area contributed by atoms with Gasteiger partial charge in [0, 0.05) is 6.07 Å². The van der Waals surface area contributed by atoms with Gasteiger partial charge in [-0.3, -0.25) is 4.72 Å². The number of anilines is 1. The first kappa shape index (κ1) is 15.9. The monoisotopic (exact) mass is 327 g/mol. The fourth-order valence-corrected chi connectivity index (χ4v) is 2.89. The standard InChI is InChI=1S/C14H11F2NO4S/c1-21-14(18)10-4-2-3-5-12(10)17-22(19,20)13-7-6-9(15)8-11(13)16/h2-8,17H,1H3. The second kappa shape index (κ2) is 6.10. The average Bonchev–Trinajstić information content (AvgIpc) is 2.46. The van der Waals surface area contributed by atoms with E-state index in [-0.39, 0.29) is 11.3 Å².